The van der Waals surface area contributed by atoms with Crippen LogP contribution in [0.2, 0.25) is 0 Å². The Morgan fingerprint density at radius 2 is 2.03 bits per heavy atom. The highest BCUT2D eigenvalue weighted by molar-refractivity contribution is 5.88. The third-order valence-corrected chi connectivity index (χ3v) is 5.55. The lowest BCUT2D eigenvalue weighted by molar-refractivity contribution is 0.373. The number of methoxy groups -OCH3 is 1. The maximum absolute atomic E-state index is 13.1. The number of fused-ring (bicyclic) bond motifs is 1. The van der Waals surface area contributed by atoms with Gasteiger partial charge in [0, 0.05) is 31.4 Å². The van der Waals surface area contributed by atoms with Gasteiger partial charge >= 0.3 is 5.63 Å². The summed E-state index contributed by atoms with van der Waals surface area (Å²) in [5.41, 5.74) is 2.78. The van der Waals surface area contributed by atoms with Gasteiger partial charge in [0.2, 0.25) is 5.89 Å². The molecule has 30 heavy (non-hydrogen) atoms. The molecule has 3 aromatic rings. The van der Waals surface area contributed by atoms with Gasteiger partial charge in [-0.3, -0.25) is 0 Å². The van der Waals surface area contributed by atoms with E-state index < -0.39 is 0 Å². The van der Waals surface area contributed by atoms with Crippen molar-refractivity contribution in [1.29, 1.82) is 0 Å². The van der Waals surface area contributed by atoms with Gasteiger partial charge in [-0.2, -0.15) is 0 Å². The molecule has 0 atom stereocenters. The van der Waals surface area contributed by atoms with Crippen LogP contribution in [0.15, 0.2) is 33.6 Å². The predicted molar refractivity (Wildman–Crippen MR) is 118 cm³/mol. The second-order valence-corrected chi connectivity index (χ2v) is 7.91. The molecule has 0 aliphatic carbocycles. The van der Waals surface area contributed by atoms with Crippen LogP contribution in [0.1, 0.15) is 30.9 Å². The average Bonchev–Trinajstić information content (AvgIpc) is 3.28. The average molecular weight is 409 g/mol. The molecule has 158 valence electrons. The number of pyridine rings is 1. The Hall–Kier alpha value is -2.93. The first-order chi connectivity index (χ1) is 14.5. The molecule has 3 heterocycles. The lowest BCUT2D eigenvalue weighted by Gasteiger charge is -2.20. The summed E-state index contributed by atoms with van der Waals surface area (Å²) in [4.78, 5) is 26.8. The van der Waals surface area contributed by atoms with Crippen molar-refractivity contribution in [2.24, 2.45) is 0 Å². The first-order valence-electron chi connectivity index (χ1n) is 10.4. The highest BCUT2D eigenvalue weighted by Crippen LogP contribution is 2.34. The molecule has 0 radical (unpaired) electrons. The molecule has 7 nitrogen and oxygen atoms in total. The van der Waals surface area contributed by atoms with E-state index in [2.05, 4.69) is 9.88 Å². The van der Waals surface area contributed by atoms with Gasteiger partial charge in [-0.05, 0) is 57.1 Å². The van der Waals surface area contributed by atoms with Gasteiger partial charge in [0.15, 0.2) is 0 Å². The number of ether oxygens (including phenoxy) is 1. The second kappa shape index (κ2) is 8.44. The number of hydrogen-bond donors (Lipinski definition) is 0. The molecule has 0 N–H and O–H groups in total. The summed E-state index contributed by atoms with van der Waals surface area (Å²) in [7, 11) is 5.62. The van der Waals surface area contributed by atoms with Gasteiger partial charge in [0.05, 0.1) is 23.6 Å². The first kappa shape index (κ1) is 20.3. The van der Waals surface area contributed by atoms with Crippen LogP contribution in [0.5, 0.6) is 5.75 Å². The lowest BCUT2D eigenvalue weighted by Crippen LogP contribution is -2.20. The summed E-state index contributed by atoms with van der Waals surface area (Å²) >= 11 is 0. The zero-order valence-corrected chi connectivity index (χ0v) is 18.1. The molecule has 1 aliphatic heterocycles. The van der Waals surface area contributed by atoms with E-state index in [0.29, 0.717) is 29.8 Å². The zero-order chi connectivity index (χ0) is 21.3. The summed E-state index contributed by atoms with van der Waals surface area (Å²) in [6.07, 6.45) is 4.73. The molecule has 0 saturated carbocycles. The van der Waals surface area contributed by atoms with Crippen molar-refractivity contribution in [1.82, 2.24) is 14.9 Å². The van der Waals surface area contributed by atoms with E-state index in [9.17, 15) is 4.79 Å². The lowest BCUT2D eigenvalue weighted by atomic mass is 10.0. The molecule has 1 aliphatic rings. The Labute approximate surface area is 176 Å². The standard InChI is InChI=1S/C23H28N4O3/c1-5-15-13-18(29-4)17(14-26(2)3)20-19(15)23(28)30-22(25-20)16-9-8-10-24-21(16)27-11-6-7-12-27/h8-10,13H,5-7,11-12,14H2,1-4H3. The number of nitrogens with zero attached hydrogens (tertiary/aromatic N) is 4. The van der Waals surface area contributed by atoms with Crippen molar-refractivity contribution in [3.8, 4) is 17.2 Å². The number of rotatable bonds is 6. The SMILES string of the molecule is CCc1cc(OC)c(CN(C)C)c2nc(-c3cccnc3N3CCCC3)oc(=O)c12. The molecule has 7 heteroatoms. The van der Waals surface area contributed by atoms with Crippen LogP contribution in [0.3, 0.4) is 0 Å². The minimum atomic E-state index is -0.370. The van der Waals surface area contributed by atoms with E-state index in [4.69, 9.17) is 14.1 Å². The molecule has 0 amide bonds. The monoisotopic (exact) mass is 408 g/mol. The van der Waals surface area contributed by atoms with E-state index in [0.717, 1.165) is 54.2 Å². The molecular formula is C23H28N4O3. The van der Waals surface area contributed by atoms with Crippen LogP contribution in [-0.4, -0.2) is 49.2 Å². The van der Waals surface area contributed by atoms with Crippen LogP contribution in [0, 0.1) is 0 Å². The summed E-state index contributed by atoms with van der Waals surface area (Å²) in [6.45, 7) is 4.51. The van der Waals surface area contributed by atoms with E-state index in [1.807, 2.05) is 44.1 Å². The Morgan fingerprint density at radius 1 is 1.27 bits per heavy atom. The molecular weight excluding hydrogens is 380 g/mol. The summed E-state index contributed by atoms with van der Waals surface area (Å²) < 4.78 is 11.4. The van der Waals surface area contributed by atoms with E-state index in [1.165, 1.54) is 0 Å². The normalized spacial score (nSPS) is 14.1. The molecule has 0 spiro atoms. The topological polar surface area (TPSA) is 71.7 Å². The summed E-state index contributed by atoms with van der Waals surface area (Å²) in [5.74, 6) is 1.86. The molecule has 0 unspecified atom stereocenters. The molecule has 2 aromatic heterocycles. The quantitative estimate of drug-likeness (QED) is 0.618. The van der Waals surface area contributed by atoms with Crippen molar-refractivity contribution in [2.75, 3.05) is 39.2 Å². The van der Waals surface area contributed by atoms with Gasteiger partial charge in [0.1, 0.15) is 11.6 Å². The van der Waals surface area contributed by atoms with E-state index in [1.54, 1.807) is 13.3 Å². The molecule has 0 bridgehead atoms. The van der Waals surface area contributed by atoms with Crippen molar-refractivity contribution >= 4 is 16.7 Å². The first-order valence-corrected chi connectivity index (χ1v) is 10.4. The number of aromatic nitrogens is 2. The van der Waals surface area contributed by atoms with Crippen molar-refractivity contribution < 1.29 is 9.15 Å². The fourth-order valence-corrected chi connectivity index (χ4v) is 4.14. The molecule has 1 fully saturated rings. The fourth-order valence-electron chi connectivity index (χ4n) is 4.14. The molecule has 4 rings (SSSR count). The number of benzene rings is 1. The largest absolute Gasteiger partial charge is 0.496 e. The smallest absolute Gasteiger partial charge is 0.347 e. The van der Waals surface area contributed by atoms with Crippen LogP contribution in [0.4, 0.5) is 5.82 Å². The van der Waals surface area contributed by atoms with Gasteiger partial charge in [0.25, 0.3) is 0 Å². The van der Waals surface area contributed by atoms with Gasteiger partial charge < -0.3 is 19.0 Å². The zero-order valence-electron chi connectivity index (χ0n) is 18.1. The Bertz CT molecular complexity index is 1120. The van der Waals surface area contributed by atoms with Gasteiger partial charge in [-0.25, -0.2) is 14.8 Å². The summed E-state index contributed by atoms with van der Waals surface area (Å²) in [5, 5.41) is 0.533. The Morgan fingerprint density at radius 3 is 2.70 bits per heavy atom. The third-order valence-electron chi connectivity index (χ3n) is 5.55. The minimum Gasteiger partial charge on any atom is -0.496 e. The fraction of sp³-hybridized carbons (Fsp3) is 0.435. The van der Waals surface area contributed by atoms with Crippen LogP contribution < -0.4 is 15.3 Å². The van der Waals surface area contributed by atoms with Crippen LogP contribution in [0.25, 0.3) is 22.4 Å². The predicted octanol–water partition coefficient (Wildman–Crippen LogP) is 3.48. The van der Waals surface area contributed by atoms with Crippen LogP contribution >= 0.6 is 0 Å². The van der Waals surface area contributed by atoms with Crippen molar-refractivity contribution in [2.45, 2.75) is 32.7 Å². The maximum Gasteiger partial charge on any atom is 0.347 e. The second-order valence-electron chi connectivity index (χ2n) is 7.91. The summed E-state index contributed by atoms with van der Waals surface area (Å²) in [6, 6.07) is 5.70. The number of anilines is 1. The van der Waals surface area contributed by atoms with Crippen molar-refractivity contribution in [3.05, 3.63) is 45.9 Å². The van der Waals surface area contributed by atoms with E-state index >= 15 is 0 Å². The third kappa shape index (κ3) is 3.65. The van der Waals surface area contributed by atoms with Crippen LogP contribution in [-0.2, 0) is 13.0 Å². The minimum absolute atomic E-state index is 0.304. The van der Waals surface area contributed by atoms with Gasteiger partial charge in [-0.1, -0.05) is 6.92 Å². The Kier molecular flexibility index (Phi) is 5.72. The number of aryl methyl sites for hydroxylation is 1. The van der Waals surface area contributed by atoms with Crippen molar-refractivity contribution in [3.63, 3.8) is 0 Å². The molecule has 1 saturated heterocycles. The highest BCUT2D eigenvalue weighted by atomic mass is 16.5. The number of hydrogen-bond acceptors (Lipinski definition) is 7. The highest BCUT2D eigenvalue weighted by Gasteiger charge is 2.23. The van der Waals surface area contributed by atoms with E-state index in [-0.39, 0.29) is 5.63 Å². The Balaban J connectivity index is 1.99. The molecule has 1 aromatic carbocycles. The maximum atomic E-state index is 13.1. The van der Waals surface area contributed by atoms with Gasteiger partial charge in [-0.15, -0.1) is 0 Å².